The Morgan fingerprint density at radius 1 is 1.18 bits per heavy atom. The molecule has 1 aliphatic rings. The number of nitrogens with one attached hydrogen (secondary N) is 1. The zero-order valence-corrected chi connectivity index (χ0v) is 17.1. The standard InChI is InChI=1S/C19H27FN2O5S/c1-3-22(4-2)28(25,26)17-12-14(10-11-16(17)20)19(24)27-13-18(23)21-15-8-6-5-7-9-15/h10-12,15H,3-9,13H2,1-2H3,(H,21,23). The Morgan fingerprint density at radius 3 is 2.43 bits per heavy atom. The van der Waals surface area contributed by atoms with Gasteiger partial charge in [0, 0.05) is 19.1 Å². The van der Waals surface area contributed by atoms with Crippen molar-refractivity contribution in [1.82, 2.24) is 9.62 Å². The Kier molecular flexibility index (Phi) is 7.94. The average Bonchev–Trinajstić information content (AvgIpc) is 2.68. The van der Waals surface area contributed by atoms with E-state index in [-0.39, 0.29) is 24.7 Å². The highest BCUT2D eigenvalue weighted by atomic mass is 32.2. The van der Waals surface area contributed by atoms with Gasteiger partial charge in [-0.3, -0.25) is 4.79 Å². The van der Waals surface area contributed by atoms with Gasteiger partial charge in [0.05, 0.1) is 5.56 Å². The zero-order valence-electron chi connectivity index (χ0n) is 16.2. The molecule has 1 saturated carbocycles. The number of esters is 1. The highest BCUT2D eigenvalue weighted by Gasteiger charge is 2.27. The maximum Gasteiger partial charge on any atom is 0.338 e. The van der Waals surface area contributed by atoms with Crippen molar-refractivity contribution in [3.63, 3.8) is 0 Å². The smallest absolute Gasteiger partial charge is 0.338 e. The predicted octanol–water partition coefficient (Wildman–Crippen LogP) is 2.46. The van der Waals surface area contributed by atoms with Crippen LogP contribution in [0.4, 0.5) is 4.39 Å². The summed E-state index contributed by atoms with van der Waals surface area (Å²) in [6.45, 7) is 3.16. The summed E-state index contributed by atoms with van der Waals surface area (Å²) in [5, 5.41) is 2.82. The number of carbonyl (C=O) groups excluding carboxylic acids is 2. The summed E-state index contributed by atoms with van der Waals surface area (Å²) in [6, 6.07) is 3.09. The number of hydrogen-bond acceptors (Lipinski definition) is 5. The fourth-order valence-electron chi connectivity index (χ4n) is 3.26. The maximum atomic E-state index is 14.1. The summed E-state index contributed by atoms with van der Waals surface area (Å²) in [4.78, 5) is 23.6. The molecule has 2 rings (SSSR count). The summed E-state index contributed by atoms with van der Waals surface area (Å²) in [7, 11) is -4.07. The SMILES string of the molecule is CCN(CC)S(=O)(=O)c1cc(C(=O)OCC(=O)NC2CCCCC2)ccc1F. The molecule has 0 radical (unpaired) electrons. The quantitative estimate of drug-likeness (QED) is 0.660. The van der Waals surface area contributed by atoms with Gasteiger partial charge in [0.1, 0.15) is 10.7 Å². The molecule has 0 aliphatic heterocycles. The Morgan fingerprint density at radius 2 is 1.82 bits per heavy atom. The molecule has 1 N–H and O–H groups in total. The Balaban J connectivity index is 2.04. The lowest BCUT2D eigenvalue weighted by molar-refractivity contribution is -0.125. The third kappa shape index (κ3) is 5.51. The van der Waals surface area contributed by atoms with Crippen LogP contribution in [-0.2, 0) is 19.6 Å². The van der Waals surface area contributed by atoms with Gasteiger partial charge in [-0.25, -0.2) is 17.6 Å². The normalized spacial score (nSPS) is 15.4. The van der Waals surface area contributed by atoms with Gasteiger partial charge in [0.15, 0.2) is 6.61 Å². The zero-order chi connectivity index (χ0) is 20.7. The van der Waals surface area contributed by atoms with E-state index in [9.17, 15) is 22.4 Å². The first-order chi connectivity index (χ1) is 13.3. The molecule has 1 amide bonds. The largest absolute Gasteiger partial charge is 0.452 e. The van der Waals surface area contributed by atoms with E-state index in [2.05, 4.69) is 5.32 Å². The first kappa shape index (κ1) is 22.3. The molecule has 1 aromatic carbocycles. The number of nitrogens with zero attached hydrogens (tertiary/aromatic N) is 1. The van der Waals surface area contributed by atoms with Crippen molar-refractivity contribution in [1.29, 1.82) is 0 Å². The molecule has 0 saturated heterocycles. The van der Waals surface area contributed by atoms with E-state index in [0.717, 1.165) is 54.6 Å². The van der Waals surface area contributed by atoms with Crippen molar-refractivity contribution in [2.24, 2.45) is 0 Å². The molecule has 0 spiro atoms. The van der Waals surface area contributed by atoms with E-state index >= 15 is 0 Å². The molecular formula is C19H27FN2O5S. The molecule has 0 atom stereocenters. The molecule has 0 bridgehead atoms. The molecule has 0 aromatic heterocycles. The van der Waals surface area contributed by atoms with Crippen LogP contribution in [0.15, 0.2) is 23.1 Å². The van der Waals surface area contributed by atoms with Gasteiger partial charge in [-0.05, 0) is 31.0 Å². The van der Waals surface area contributed by atoms with Gasteiger partial charge in [0.25, 0.3) is 5.91 Å². The maximum absolute atomic E-state index is 14.1. The van der Waals surface area contributed by atoms with Gasteiger partial charge in [-0.2, -0.15) is 4.31 Å². The van der Waals surface area contributed by atoms with Crippen molar-refractivity contribution in [2.45, 2.75) is 56.9 Å². The fraction of sp³-hybridized carbons (Fsp3) is 0.579. The monoisotopic (exact) mass is 414 g/mol. The highest BCUT2D eigenvalue weighted by molar-refractivity contribution is 7.89. The first-order valence-corrected chi connectivity index (χ1v) is 11.0. The Bertz CT molecular complexity index is 803. The summed E-state index contributed by atoms with van der Waals surface area (Å²) in [5.41, 5.74) is -0.127. The topological polar surface area (TPSA) is 92.8 Å². The molecular weight excluding hydrogens is 387 g/mol. The van der Waals surface area contributed by atoms with Gasteiger partial charge >= 0.3 is 5.97 Å². The van der Waals surface area contributed by atoms with Crippen LogP contribution in [-0.4, -0.2) is 50.3 Å². The molecule has 1 aliphatic carbocycles. The summed E-state index contributed by atoms with van der Waals surface area (Å²) in [5.74, 6) is -2.23. The summed E-state index contributed by atoms with van der Waals surface area (Å²) in [6.07, 6.45) is 5.09. The number of ether oxygens (including phenoxy) is 1. The predicted molar refractivity (Wildman–Crippen MR) is 102 cm³/mol. The minimum absolute atomic E-state index is 0.0941. The molecule has 7 nitrogen and oxygen atoms in total. The van der Waals surface area contributed by atoms with Crippen LogP contribution in [0, 0.1) is 5.82 Å². The first-order valence-electron chi connectivity index (χ1n) is 9.55. The lowest BCUT2D eigenvalue weighted by Crippen LogP contribution is -2.38. The van der Waals surface area contributed by atoms with Crippen molar-refractivity contribution in [2.75, 3.05) is 19.7 Å². The van der Waals surface area contributed by atoms with E-state index in [1.807, 2.05) is 0 Å². The third-order valence-corrected chi connectivity index (χ3v) is 6.86. The molecule has 1 fully saturated rings. The van der Waals surface area contributed by atoms with Crippen molar-refractivity contribution < 1.29 is 27.1 Å². The molecule has 1 aromatic rings. The second-order valence-corrected chi connectivity index (χ2v) is 8.62. The van der Waals surface area contributed by atoms with E-state index < -0.39 is 39.2 Å². The number of benzene rings is 1. The third-order valence-electron chi connectivity index (χ3n) is 4.79. The molecule has 0 unspecified atom stereocenters. The fourth-order valence-corrected chi connectivity index (χ4v) is 4.81. The van der Waals surface area contributed by atoms with Crippen LogP contribution >= 0.6 is 0 Å². The van der Waals surface area contributed by atoms with Gasteiger partial charge in [-0.15, -0.1) is 0 Å². The number of halogens is 1. The highest BCUT2D eigenvalue weighted by Crippen LogP contribution is 2.21. The summed E-state index contributed by atoms with van der Waals surface area (Å²) < 4.78 is 45.3. The molecule has 28 heavy (non-hydrogen) atoms. The van der Waals surface area contributed by atoms with Crippen LogP contribution in [0.1, 0.15) is 56.3 Å². The van der Waals surface area contributed by atoms with Crippen LogP contribution < -0.4 is 5.32 Å². The minimum Gasteiger partial charge on any atom is -0.452 e. The van der Waals surface area contributed by atoms with Crippen molar-refractivity contribution in [3.8, 4) is 0 Å². The Hall–Kier alpha value is -2.00. The van der Waals surface area contributed by atoms with Crippen molar-refractivity contribution >= 4 is 21.9 Å². The second kappa shape index (κ2) is 9.97. The van der Waals surface area contributed by atoms with Gasteiger partial charge in [0.2, 0.25) is 10.0 Å². The molecule has 9 heteroatoms. The average molecular weight is 414 g/mol. The number of carbonyl (C=O) groups is 2. The van der Waals surface area contributed by atoms with E-state index in [1.54, 1.807) is 13.8 Å². The van der Waals surface area contributed by atoms with E-state index in [4.69, 9.17) is 4.74 Å². The van der Waals surface area contributed by atoms with Crippen LogP contribution in [0.5, 0.6) is 0 Å². The van der Waals surface area contributed by atoms with Crippen molar-refractivity contribution in [3.05, 3.63) is 29.6 Å². The second-order valence-electron chi connectivity index (χ2n) is 6.71. The number of hydrogen-bond donors (Lipinski definition) is 1. The Labute approximate surface area is 165 Å². The molecule has 0 heterocycles. The van der Waals surface area contributed by atoms with Gasteiger partial charge in [-0.1, -0.05) is 33.1 Å². The van der Waals surface area contributed by atoms with Crippen LogP contribution in [0.2, 0.25) is 0 Å². The number of sulfonamides is 1. The number of amides is 1. The lowest BCUT2D eigenvalue weighted by atomic mass is 9.95. The van der Waals surface area contributed by atoms with E-state index in [1.165, 1.54) is 0 Å². The minimum atomic E-state index is -4.07. The van der Waals surface area contributed by atoms with Crippen LogP contribution in [0.25, 0.3) is 0 Å². The number of rotatable bonds is 8. The molecule has 156 valence electrons. The lowest BCUT2D eigenvalue weighted by Gasteiger charge is -2.22. The van der Waals surface area contributed by atoms with Gasteiger partial charge < -0.3 is 10.1 Å². The van der Waals surface area contributed by atoms with E-state index in [0.29, 0.717) is 0 Å². The van der Waals surface area contributed by atoms with Crippen LogP contribution in [0.3, 0.4) is 0 Å². The summed E-state index contributed by atoms with van der Waals surface area (Å²) >= 11 is 0.